The number of ether oxygens (including phenoxy) is 1. The van der Waals surface area contributed by atoms with Crippen molar-refractivity contribution in [2.45, 2.75) is 13.8 Å². The smallest absolute Gasteiger partial charge is 0.277 e. The molecule has 33 heavy (non-hydrogen) atoms. The summed E-state index contributed by atoms with van der Waals surface area (Å²) in [6, 6.07) is 15.8. The molecule has 0 aliphatic rings. The predicted molar refractivity (Wildman–Crippen MR) is 123 cm³/mol. The molecule has 3 aromatic carbocycles. The molecular weight excluding hydrogens is 426 g/mol. The Morgan fingerprint density at radius 1 is 1.06 bits per heavy atom. The summed E-state index contributed by atoms with van der Waals surface area (Å²) in [7, 11) is 0. The zero-order valence-corrected chi connectivity index (χ0v) is 17.9. The number of non-ortho nitro benzene ring substituents is 1. The summed E-state index contributed by atoms with van der Waals surface area (Å²) in [6.45, 7) is 3.58. The average Bonchev–Trinajstić information content (AvgIpc) is 2.79. The van der Waals surface area contributed by atoms with Crippen LogP contribution < -0.4 is 10.2 Å². The van der Waals surface area contributed by atoms with Gasteiger partial charge in [0.1, 0.15) is 11.5 Å². The molecule has 0 bridgehead atoms. The van der Waals surface area contributed by atoms with Crippen LogP contribution in [0.3, 0.4) is 0 Å². The average molecular weight is 447 g/mol. The number of aromatic hydroxyl groups is 1. The minimum atomic E-state index is -0.499. The maximum absolute atomic E-state index is 12.0. The predicted octanol–water partition coefficient (Wildman–Crippen LogP) is 4.86. The van der Waals surface area contributed by atoms with E-state index >= 15 is 0 Å². The number of aryl methyl sites for hydroxylation is 2. The lowest BCUT2D eigenvalue weighted by molar-refractivity contribution is -0.384. The van der Waals surface area contributed by atoms with E-state index in [1.807, 2.05) is 32.0 Å². The fraction of sp³-hybridized carbons (Fsp3) is 0.130. The van der Waals surface area contributed by atoms with Crippen LogP contribution >= 0.6 is 0 Å². The highest BCUT2D eigenvalue weighted by Gasteiger charge is 2.07. The summed E-state index contributed by atoms with van der Waals surface area (Å²) in [6.07, 6.45) is 1.27. The van der Waals surface area contributed by atoms with E-state index in [9.17, 15) is 20.0 Å². The van der Waals surface area contributed by atoms with Gasteiger partial charge in [0, 0.05) is 17.7 Å². The second-order valence-corrected chi connectivity index (χ2v) is 7.02. The second-order valence-electron chi connectivity index (χ2n) is 7.02. The Labute approximate surface area is 189 Å². The van der Waals surface area contributed by atoms with E-state index < -0.39 is 10.8 Å². The third-order valence-electron chi connectivity index (χ3n) is 4.50. The zero-order valence-electron chi connectivity index (χ0n) is 17.9. The number of hydrazone groups is 1. The lowest BCUT2D eigenvalue weighted by atomic mass is 10.1. The first-order valence-electron chi connectivity index (χ1n) is 9.83. The number of nitrogens with one attached hydrogen (secondary N) is 1. The van der Waals surface area contributed by atoms with Gasteiger partial charge in [-0.25, -0.2) is 5.43 Å². The van der Waals surface area contributed by atoms with E-state index in [0.717, 1.165) is 11.1 Å². The first kappa shape index (κ1) is 23.1. The molecule has 1 amide bonds. The number of phenols is 1. The molecule has 0 aliphatic carbocycles. The molecule has 0 aliphatic heterocycles. The Bertz CT molecular complexity index is 1200. The summed E-state index contributed by atoms with van der Waals surface area (Å²) in [5, 5.41) is 32.6. The zero-order chi connectivity index (χ0) is 23.8. The Kier molecular flexibility index (Phi) is 7.43. The van der Waals surface area contributed by atoms with Gasteiger partial charge in [0.25, 0.3) is 11.6 Å². The topological polar surface area (TPSA) is 139 Å². The monoisotopic (exact) mass is 447 g/mol. The largest absolute Gasteiger partial charge is 0.507 e. The lowest BCUT2D eigenvalue weighted by Gasteiger charge is -2.10. The van der Waals surface area contributed by atoms with E-state index in [4.69, 9.17) is 4.74 Å². The van der Waals surface area contributed by atoms with Crippen LogP contribution in [0.15, 0.2) is 76.0 Å². The molecule has 0 saturated heterocycles. The van der Waals surface area contributed by atoms with Gasteiger partial charge in [0.2, 0.25) is 0 Å². The molecule has 3 aromatic rings. The molecule has 0 radical (unpaired) electrons. The number of nitrogens with zero attached hydrogens (tertiary/aromatic N) is 4. The molecule has 10 nitrogen and oxygen atoms in total. The van der Waals surface area contributed by atoms with Crippen LogP contribution in [-0.4, -0.2) is 28.8 Å². The number of amides is 1. The van der Waals surface area contributed by atoms with Crippen LogP contribution in [0, 0.1) is 24.0 Å². The van der Waals surface area contributed by atoms with Gasteiger partial charge in [-0.15, -0.1) is 0 Å². The van der Waals surface area contributed by atoms with E-state index in [2.05, 4.69) is 20.8 Å². The highest BCUT2D eigenvalue weighted by atomic mass is 16.6. The minimum Gasteiger partial charge on any atom is -0.507 e. The number of phenolic OH excluding ortho intramolecular Hbond substituents is 1. The fourth-order valence-corrected chi connectivity index (χ4v) is 2.83. The van der Waals surface area contributed by atoms with Gasteiger partial charge in [-0.1, -0.05) is 18.2 Å². The Balaban J connectivity index is 1.59. The highest BCUT2D eigenvalue weighted by molar-refractivity contribution is 5.86. The van der Waals surface area contributed by atoms with Crippen molar-refractivity contribution in [2.75, 3.05) is 6.61 Å². The van der Waals surface area contributed by atoms with Crippen LogP contribution in [0.2, 0.25) is 0 Å². The molecule has 10 heteroatoms. The fourth-order valence-electron chi connectivity index (χ4n) is 2.83. The number of rotatable bonds is 8. The van der Waals surface area contributed by atoms with Crippen LogP contribution in [-0.2, 0) is 4.79 Å². The summed E-state index contributed by atoms with van der Waals surface area (Å²) in [4.78, 5) is 22.2. The van der Waals surface area contributed by atoms with Crippen molar-refractivity contribution in [2.24, 2.45) is 15.3 Å². The van der Waals surface area contributed by atoms with Gasteiger partial charge in [0.05, 0.1) is 22.5 Å². The maximum atomic E-state index is 12.0. The number of nitro benzene ring substituents is 1. The summed E-state index contributed by atoms with van der Waals surface area (Å²) < 4.78 is 5.57. The van der Waals surface area contributed by atoms with E-state index in [1.54, 1.807) is 6.07 Å². The van der Waals surface area contributed by atoms with Crippen LogP contribution in [0.1, 0.15) is 16.7 Å². The number of carbonyl (C=O) groups excluding carboxylic acids is 1. The first-order chi connectivity index (χ1) is 15.8. The minimum absolute atomic E-state index is 0.0430. The second kappa shape index (κ2) is 10.6. The van der Waals surface area contributed by atoms with E-state index in [0.29, 0.717) is 22.7 Å². The SMILES string of the molecule is Cc1cccc(C)c1OCC(=O)NN=Cc1cc(N=Nc2ccc([N+](=O)[O-])cc2)ccc1O. The molecule has 168 valence electrons. The number of hydrogen-bond acceptors (Lipinski definition) is 8. The van der Waals surface area contributed by atoms with Crippen molar-refractivity contribution >= 4 is 29.2 Å². The molecule has 0 heterocycles. The summed E-state index contributed by atoms with van der Waals surface area (Å²) in [5.74, 6) is 0.136. The van der Waals surface area contributed by atoms with Gasteiger partial charge in [0.15, 0.2) is 6.61 Å². The Morgan fingerprint density at radius 3 is 2.36 bits per heavy atom. The highest BCUT2D eigenvalue weighted by Crippen LogP contribution is 2.25. The van der Waals surface area contributed by atoms with Gasteiger partial charge in [-0.3, -0.25) is 14.9 Å². The van der Waals surface area contributed by atoms with Crippen LogP contribution in [0.25, 0.3) is 0 Å². The standard InChI is InChI=1S/C23H21N5O5/c1-15-4-3-5-16(2)23(15)33-14-22(30)27-24-13-17-12-19(8-11-21(17)29)26-25-18-6-9-20(10-7-18)28(31)32/h3-13,29H,14H2,1-2H3,(H,27,30). The van der Waals surface area contributed by atoms with Crippen molar-refractivity contribution in [1.82, 2.24) is 5.43 Å². The number of nitro groups is 1. The molecular formula is C23H21N5O5. The van der Waals surface area contributed by atoms with Crippen molar-refractivity contribution in [3.63, 3.8) is 0 Å². The van der Waals surface area contributed by atoms with E-state index in [1.165, 1.54) is 42.6 Å². The van der Waals surface area contributed by atoms with Crippen LogP contribution in [0.5, 0.6) is 11.5 Å². The molecule has 0 saturated carbocycles. The lowest BCUT2D eigenvalue weighted by Crippen LogP contribution is -2.25. The third-order valence-corrected chi connectivity index (χ3v) is 4.50. The van der Waals surface area contributed by atoms with Crippen molar-refractivity contribution < 1.29 is 19.6 Å². The Morgan fingerprint density at radius 2 is 1.70 bits per heavy atom. The quantitative estimate of drug-likeness (QED) is 0.220. The number of para-hydroxylation sites is 1. The molecule has 3 rings (SSSR count). The van der Waals surface area contributed by atoms with Gasteiger partial charge in [-0.05, 0) is 55.3 Å². The molecule has 0 spiro atoms. The molecule has 0 atom stereocenters. The summed E-state index contributed by atoms with van der Waals surface area (Å²) >= 11 is 0. The van der Waals surface area contributed by atoms with Crippen molar-refractivity contribution in [3.8, 4) is 11.5 Å². The molecule has 0 aromatic heterocycles. The summed E-state index contributed by atoms with van der Waals surface area (Å²) in [5.41, 5.74) is 5.31. The van der Waals surface area contributed by atoms with E-state index in [-0.39, 0.29) is 18.0 Å². The maximum Gasteiger partial charge on any atom is 0.277 e. The number of carbonyl (C=O) groups is 1. The molecule has 2 N–H and O–H groups in total. The molecule has 0 unspecified atom stereocenters. The number of benzene rings is 3. The van der Waals surface area contributed by atoms with Crippen molar-refractivity contribution in [1.29, 1.82) is 0 Å². The normalized spacial score (nSPS) is 11.1. The van der Waals surface area contributed by atoms with Gasteiger partial charge in [-0.2, -0.15) is 15.3 Å². The first-order valence-corrected chi connectivity index (χ1v) is 9.83. The molecule has 0 fully saturated rings. The van der Waals surface area contributed by atoms with Gasteiger partial charge >= 0.3 is 0 Å². The van der Waals surface area contributed by atoms with Crippen molar-refractivity contribution in [3.05, 3.63) is 87.5 Å². The van der Waals surface area contributed by atoms with Crippen LogP contribution in [0.4, 0.5) is 17.1 Å². The third kappa shape index (κ3) is 6.44. The number of hydrogen-bond donors (Lipinski definition) is 2. The Hall–Kier alpha value is -4.60. The van der Waals surface area contributed by atoms with Gasteiger partial charge < -0.3 is 9.84 Å². The number of azo groups is 1.